The number of hydrogen-bond acceptors (Lipinski definition) is 3. The second-order valence-electron chi connectivity index (χ2n) is 4.86. The van der Waals surface area contributed by atoms with E-state index >= 15 is 0 Å². The van der Waals surface area contributed by atoms with Crippen molar-refractivity contribution in [1.82, 2.24) is 5.32 Å². The third-order valence-corrected chi connectivity index (χ3v) is 5.96. The zero-order valence-electron chi connectivity index (χ0n) is 11.9. The molecule has 0 radical (unpaired) electrons. The first-order chi connectivity index (χ1) is 10.4. The van der Waals surface area contributed by atoms with Crippen molar-refractivity contribution < 1.29 is 9.59 Å². The highest BCUT2D eigenvalue weighted by Crippen LogP contribution is 2.32. The lowest BCUT2D eigenvalue weighted by molar-refractivity contribution is 0.0944. The largest absolute Gasteiger partial charge is 0.350 e. The van der Waals surface area contributed by atoms with Crippen LogP contribution in [0, 0.1) is 0 Å². The average molecular weight is 446 g/mol. The van der Waals surface area contributed by atoms with E-state index in [0.29, 0.717) is 16.1 Å². The number of benzene rings is 1. The van der Waals surface area contributed by atoms with Gasteiger partial charge in [0, 0.05) is 10.5 Å². The number of hydrogen-bond donors (Lipinski definition) is 2. The monoisotopic (exact) mass is 444 g/mol. The molecule has 4 nitrogen and oxygen atoms in total. The predicted octanol–water partition coefficient (Wildman–Crippen LogP) is 4.66. The van der Waals surface area contributed by atoms with Crippen LogP contribution in [-0.4, -0.2) is 17.9 Å². The number of para-hydroxylation sites is 1. The molecule has 0 aliphatic heterocycles. The fourth-order valence-corrected chi connectivity index (χ4v) is 3.70. The average Bonchev–Trinajstić information content (AvgIpc) is 2.78. The van der Waals surface area contributed by atoms with Crippen LogP contribution in [0.5, 0.6) is 0 Å². The molecule has 22 heavy (non-hydrogen) atoms. The molecule has 116 valence electrons. The Morgan fingerprint density at radius 2 is 1.82 bits per heavy atom. The van der Waals surface area contributed by atoms with E-state index in [1.165, 1.54) is 11.3 Å². The van der Waals surface area contributed by atoms with E-state index in [1.807, 2.05) is 13.8 Å². The molecule has 0 unspecified atom stereocenters. The van der Waals surface area contributed by atoms with Gasteiger partial charge in [0.25, 0.3) is 11.8 Å². The van der Waals surface area contributed by atoms with E-state index < -0.39 is 0 Å². The third kappa shape index (κ3) is 4.18. The van der Waals surface area contributed by atoms with E-state index in [-0.39, 0.29) is 17.9 Å². The standard InChI is InChI=1S/C15H14Br2N2O2S/c1-8(2)18-14(20)9-5-3-4-6-11(9)19-15(21)12-7-10(16)13(17)22-12/h3-8H,1-2H3,(H,18,20)(H,19,21). The number of amides is 2. The predicted molar refractivity (Wildman–Crippen MR) is 96.7 cm³/mol. The molecule has 0 aliphatic rings. The molecular weight excluding hydrogens is 432 g/mol. The maximum absolute atomic E-state index is 12.3. The number of anilines is 1. The molecule has 0 spiro atoms. The van der Waals surface area contributed by atoms with Crippen molar-refractivity contribution in [3.8, 4) is 0 Å². The number of rotatable bonds is 4. The molecule has 0 fully saturated rings. The van der Waals surface area contributed by atoms with Crippen LogP contribution in [0.25, 0.3) is 0 Å². The summed E-state index contributed by atoms with van der Waals surface area (Å²) in [4.78, 5) is 25.0. The van der Waals surface area contributed by atoms with Crippen LogP contribution in [0.4, 0.5) is 5.69 Å². The van der Waals surface area contributed by atoms with Crippen molar-refractivity contribution in [3.05, 3.63) is 49.0 Å². The Labute approximate surface area is 149 Å². The van der Waals surface area contributed by atoms with Gasteiger partial charge in [0.1, 0.15) is 0 Å². The minimum atomic E-state index is -0.249. The Morgan fingerprint density at radius 1 is 1.14 bits per heavy atom. The van der Waals surface area contributed by atoms with Crippen molar-refractivity contribution in [2.75, 3.05) is 5.32 Å². The van der Waals surface area contributed by atoms with Gasteiger partial charge in [-0.3, -0.25) is 9.59 Å². The number of thiophene rings is 1. The van der Waals surface area contributed by atoms with Crippen LogP contribution in [0.1, 0.15) is 33.9 Å². The Morgan fingerprint density at radius 3 is 2.41 bits per heavy atom. The molecule has 2 amide bonds. The summed E-state index contributed by atoms with van der Waals surface area (Å²) in [6, 6.07) is 8.71. The minimum Gasteiger partial charge on any atom is -0.350 e. The number of halogens is 2. The normalized spacial score (nSPS) is 10.6. The highest BCUT2D eigenvalue weighted by Gasteiger charge is 2.16. The van der Waals surface area contributed by atoms with Gasteiger partial charge in [-0.05, 0) is 63.9 Å². The topological polar surface area (TPSA) is 58.2 Å². The number of nitrogens with one attached hydrogen (secondary N) is 2. The summed E-state index contributed by atoms with van der Waals surface area (Å²) < 4.78 is 1.68. The van der Waals surface area contributed by atoms with E-state index in [2.05, 4.69) is 42.5 Å². The molecule has 1 aromatic heterocycles. The molecule has 0 saturated heterocycles. The highest BCUT2D eigenvalue weighted by atomic mass is 79.9. The van der Waals surface area contributed by atoms with Crippen molar-refractivity contribution in [3.63, 3.8) is 0 Å². The second kappa shape index (κ2) is 7.39. The molecule has 0 aliphatic carbocycles. The third-order valence-electron chi connectivity index (χ3n) is 2.71. The molecule has 2 rings (SSSR count). The van der Waals surface area contributed by atoms with Crippen LogP contribution in [0.2, 0.25) is 0 Å². The fourth-order valence-electron chi connectivity index (χ4n) is 1.77. The van der Waals surface area contributed by atoms with Gasteiger partial charge < -0.3 is 10.6 Å². The van der Waals surface area contributed by atoms with Gasteiger partial charge in [0.2, 0.25) is 0 Å². The summed E-state index contributed by atoms with van der Waals surface area (Å²) in [5.74, 6) is -0.458. The zero-order valence-corrected chi connectivity index (χ0v) is 15.9. The smallest absolute Gasteiger partial charge is 0.265 e. The van der Waals surface area contributed by atoms with E-state index in [4.69, 9.17) is 0 Å². The molecule has 0 bridgehead atoms. The van der Waals surface area contributed by atoms with E-state index in [1.54, 1.807) is 30.3 Å². The van der Waals surface area contributed by atoms with Crippen LogP contribution < -0.4 is 10.6 Å². The first-order valence-corrected chi connectivity index (χ1v) is 8.95. The Bertz CT molecular complexity index is 694. The maximum atomic E-state index is 12.3. The molecule has 0 saturated carbocycles. The number of carbonyl (C=O) groups excluding carboxylic acids is 2. The molecule has 1 heterocycles. The lowest BCUT2D eigenvalue weighted by Gasteiger charge is -2.12. The van der Waals surface area contributed by atoms with Gasteiger partial charge in [-0.25, -0.2) is 0 Å². The maximum Gasteiger partial charge on any atom is 0.265 e. The van der Waals surface area contributed by atoms with Gasteiger partial charge in [0.15, 0.2) is 0 Å². The van der Waals surface area contributed by atoms with Crippen molar-refractivity contribution >= 4 is 60.7 Å². The SMILES string of the molecule is CC(C)NC(=O)c1ccccc1NC(=O)c1cc(Br)c(Br)s1. The van der Waals surface area contributed by atoms with Crippen molar-refractivity contribution in [2.24, 2.45) is 0 Å². The summed E-state index contributed by atoms with van der Waals surface area (Å²) in [6.07, 6.45) is 0. The van der Waals surface area contributed by atoms with Crippen LogP contribution in [0.15, 0.2) is 38.6 Å². The summed E-state index contributed by atoms with van der Waals surface area (Å²) in [5.41, 5.74) is 0.936. The Kier molecular flexibility index (Phi) is 5.77. The zero-order chi connectivity index (χ0) is 16.3. The number of carbonyl (C=O) groups is 2. The lowest BCUT2D eigenvalue weighted by Crippen LogP contribution is -2.31. The molecular formula is C15H14Br2N2O2S. The quantitative estimate of drug-likeness (QED) is 0.718. The first-order valence-electron chi connectivity index (χ1n) is 6.54. The van der Waals surface area contributed by atoms with Crippen LogP contribution in [-0.2, 0) is 0 Å². The summed E-state index contributed by atoms with van der Waals surface area (Å²) in [7, 11) is 0. The van der Waals surface area contributed by atoms with E-state index in [9.17, 15) is 9.59 Å². The van der Waals surface area contributed by atoms with Gasteiger partial charge in [0.05, 0.1) is 19.9 Å². The summed E-state index contributed by atoms with van der Waals surface area (Å²) in [6.45, 7) is 3.78. The molecule has 1 aromatic carbocycles. The molecule has 0 atom stereocenters. The van der Waals surface area contributed by atoms with Crippen LogP contribution >= 0.6 is 43.2 Å². The Balaban J connectivity index is 2.22. The van der Waals surface area contributed by atoms with Gasteiger partial charge in [-0.15, -0.1) is 11.3 Å². The molecule has 2 aromatic rings. The molecule has 7 heteroatoms. The van der Waals surface area contributed by atoms with Gasteiger partial charge >= 0.3 is 0 Å². The van der Waals surface area contributed by atoms with Crippen LogP contribution in [0.3, 0.4) is 0 Å². The summed E-state index contributed by atoms with van der Waals surface area (Å²) >= 11 is 8.04. The second-order valence-corrected chi connectivity index (χ2v) is 8.08. The fraction of sp³-hybridized carbons (Fsp3) is 0.200. The highest BCUT2D eigenvalue weighted by molar-refractivity contribution is 9.13. The van der Waals surface area contributed by atoms with Crippen molar-refractivity contribution in [1.29, 1.82) is 0 Å². The molecule has 2 N–H and O–H groups in total. The van der Waals surface area contributed by atoms with Crippen molar-refractivity contribution in [2.45, 2.75) is 19.9 Å². The van der Waals surface area contributed by atoms with E-state index in [0.717, 1.165) is 8.26 Å². The first kappa shape index (κ1) is 17.2. The summed E-state index contributed by atoms with van der Waals surface area (Å²) in [5, 5.41) is 5.61. The lowest BCUT2D eigenvalue weighted by atomic mass is 10.1. The Hall–Kier alpha value is -1.18. The van der Waals surface area contributed by atoms with Gasteiger partial charge in [-0.2, -0.15) is 0 Å². The van der Waals surface area contributed by atoms with Gasteiger partial charge in [-0.1, -0.05) is 12.1 Å². The minimum absolute atomic E-state index is 0.0282.